The molecule has 4 heteroatoms. The van der Waals surface area contributed by atoms with Gasteiger partial charge in [0.1, 0.15) is 5.60 Å². The van der Waals surface area contributed by atoms with Gasteiger partial charge in [0.25, 0.3) is 0 Å². The Hall–Kier alpha value is -1.55. The van der Waals surface area contributed by atoms with Crippen molar-refractivity contribution in [3.8, 4) is 0 Å². The van der Waals surface area contributed by atoms with Crippen molar-refractivity contribution >= 4 is 5.96 Å². The molecule has 0 aliphatic carbocycles. The fourth-order valence-electron chi connectivity index (χ4n) is 3.06. The van der Waals surface area contributed by atoms with E-state index < -0.39 is 0 Å². The predicted molar refractivity (Wildman–Crippen MR) is 81.0 cm³/mol. The summed E-state index contributed by atoms with van der Waals surface area (Å²) in [5.74, 6) is 0.913. The molecule has 1 aromatic carbocycles. The molecule has 1 aromatic rings. The van der Waals surface area contributed by atoms with E-state index in [2.05, 4.69) is 46.8 Å². The number of nitrogens with one attached hydrogen (secondary N) is 2. The predicted octanol–water partition coefficient (Wildman–Crippen LogP) is 1.80. The van der Waals surface area contributed by atoms with E-state index in [-0.39, 0.29) is 5.60 Å². The first kappa shape index (κ1) is 13.4. The third-order valence-corrected chi connectivity index (χ3v) is 4.27. The fourth-order valence-corrected chi connectivity index (χ4v) is 3.06. The molecule has 0 saturated heterocycles. The van der Waals surface area contributed by atoms with Gasteiger partial charge >= 0.3 is 0 Å². The Labute approximate surface area is 120 Å². The second kappa shape index (κ2) is 5.83. The van der Waals surface area contributed by atoms with Gasteiger partial charge in [0, 0.05) is 13.1 Å². The van der Waals surface area contributed by atoms with Gasteiger partial charge in [0.15, 0.2) is 5.96 Å². The van der Waals surface area contributed by atoms with Crippen LogP contribution in [0.4, 0.5) is 0 Å². The first-order valence-corrected chi connectivity index (χ1v) is 7.58. The van der Waals surface area contributed by atoms with Crippen LogP contribution < -0.4 is 10.6 Å². The highest BCUT2D eigenvalue weighted by atomic mass is 16.5. The zero-order valence-corrected chi connectivity index (χ0v) is 12.1. The van der Waals surface area contributed by atoms with Gasteiger partial charge in [-0.25, -0.2) is 0 Å². The molecule has 1 atom stereocenters. The summed E-state index contributed by atoms with van der Waals surface area (Å²) < 4.78 is 6.19. The minimum absolute atomic E-state index is 0.226. The van der Waals surface area contributed by atoms with Gasteiger partial charge in [-0.3, -0.25) is 4.99 Å². The van der Waals surface area contributed by atoms with Crippen LogP contribution in [0.15, 0.2) is 29.3 Å². The lowest BCUT2D eigenvalue weighted by molar-refractivity contribution is -0.0593. The smallest absolute Gasteiger partial charge is 0.191 e. The molecule has 0 amide bonds. The molecule has 108 valence electrons. The van der Waals surface area contributed by atoms with Crippen molar-refractivity contribution in [3.63, 3.8) is 0 Å². The topological polar surface area (TPSA) is 45.7 Å². The number of nitrogens with zero attached hydrogens (tertiary/aromatic N) is 1. The molecule has 2 aliphatic heterocycles. The monoisotopic (exact) mass is 273 g/mol. The van der Waals surface area contributed by atoms with Gasteiger partial charge in [0.05, 0.1) is 13.2 Å². The van der Waals surface area contributed by atoms with Crippen LogP contribution in [0.25, 0.3) is 0 Å². The number of hydrogen-bond acceptors (Lipinski definition) is 4. The van der Waals surface area contributed by atoms with E-state index in [0.29, 0.717) is 0 Å². The summed E-state index contributed by atoms with van der Waals surface area (Å²) in [5, 5.41) is 6.75. The van der Waals surface area contributed by atoms with Crippen LogP contribution in [-0.4, -0.2) is 32.2 Å². The molecule has 0 saturated carbocycles. The van der Waals surface area contributed by atoms with Crippen LogP contribution in [0.1, 0.15) is 30.9 Å². The van der Waals surface area contributed by atoms with Crippen molar-refractivity contribution in [1.82, 2.24) is 10.6 Å². The third kappa shape index (κ3) is 2.52. The lowest BCUT2D eigenvalue weighted by Gasteiger charge is -2.39. The maximum Gasteiger partial charge on any atom is 0.191 e. The summed E-state index contributed by atoms with van der Waals surface area (Å²) in [7, 11) is 0. The minimum Gasteiger partial charge on any atom is -0.368 e. The Kier molecular flexibility index (Phi) is 3.92. The molecule has 2 heterocycles. The zero-order chi connectivity index (χ0) is 13.8. The largest absolute Gasteiger partial charge is 0.368 e. The molecule has 2 aliphatic rings. The molecule has 0 aromatic heterocycles. The van der Waals surface area contributed by atoms with E-state index >= 15 is 0 Å². The highest BCUT2D eigenvalue weighted by molar-refractivity contribution is 5.80. The first-order valence-electron chi connectivity index (χ1n) is 7.58. The Morgan fingerprint density at radius 2 is 2.30 bits per heavy atom. The highest BCUT2D eigenvalue weighted by Crippen LogP contribution is 2.35. The van der Waals surface area contributed by atoms with Crippen molar-refractivity contribution in [1.29, 1.82) is 0 Å². The van der Waals surface area contributed by atoms with E-state index in [1.54, 1.807) is 0 Å². The van der Waals surface area contributed by atoms with E-state index in [9.17, 15) is 0 Å². The molecule has 1 unspecified atom stereocenters. The number of aliphatic imine (C=N–C) groups is 1. The molecule has 0 spiro atoms. The number of fused-ring (bicyclic) bond motifs is 1. The lowest BCUT2D eigenvalue weighted by atomic mass is 9.84. The second-order valence-corrected chi connectivity index (χ2v) is 5.47. The van der Waals surface area contributed by atoms with Crippen LogP contribution in [0.2, 0.25) is 0 Å². The zero-order valence-electron chi connectivity index (χ0n) is 12.1. The van der Waals surface area contributed by atoms with Crippen molar-refractivity contribution in [2.45, 2.75) is 31.8 Å². The van der Waals surface area contributed by atoms with Gasteiger partial charge in [-0.15, -0.1) is 0 Å². The number of benzene rings is 1. The Balaban J connectivity index is 1.79. The summed E-state index contributed by atoms with van der Waals surface area (Å²) in [6.07, 6.45) is 3.09. The summed E-state index contributed by atoms with van der Waals surface area (Å²) >= 11 is 0. The summed E-state index contributed by atoms with van der Waals surface area (Å²) in [6.45, 7) is 5.67. The maximum absolute atomic E-state index is 6.19. The third-order valence-electron chi connectivity index (χ3n) is 4.27. The van der Waals surface area contributed by atoms with Crippen molar-refractivity contribution < 1.29 is 4.74 Å². The van der Waals surface area contributed by atoms with Gasteiger partial charge < -0.3 is 15.4 Å². The van der Waals surface area contributed by atoms with E-state index in [1.807, 2.05) is 0 Å². The summed E-state index contributed by atoms with van der Waals surface area (Å²) in [6, 6.07) is 8.65. The van der Waals surface area contributed by atoms with Crippen molar-refractivity contribution in [3.05, 3.63) is 35.4 Å². The molecular formula is C16H23N3O. The second-order valence-electron chi connectivity index (χ2n) is 5.47. The molecule has 3 rings (SSSR count). The van der Waals surface area contributed by atoms with Gasteiger partial charge in [-0.2, -0.15) is 0 Å². The van der Waals surface area contributed by atoms with Gasteiger partial charge in [-0.1, -0.05) is 31.2 Å². The Bertz CT molecular complexity index is 500. The van der Waals surface area contributed by atoms with Crippen LogP contribution in [0, 0.1) is 0 Å². The first-order chi connectivity index (χ1) is 9.84. The summed E-state index contributed by atoms with van der Waals surface area (Å²) in [4.78, 5) is 4.47. The molecule has 4 nitrogen and oxygen atoms in total. The molecular weight excluding hydrogens is 250 g/mol. The van der Waals surface area contributed by atoms with Crippen molar-refractivity contribution in [2.24, 2.45) is 4.99 Å². The van der Waals surface area contributed by atoms with E-state index in [0.717, 1.165) is 51.5 Å². The minimum atomic E-state index is -0.226. The van der Waals surface area contributed by atoms with E-state index in [1.165, 1.54) is 11.1 Å². The number of rotatable bonds is 3. The van der Waals surface area contributed by atoms with Crippen LogP contribution in [-0.2, 0) is 16.8 Å². The molecule has 0 bridgehead atoms. The Morgan fingerprint density at radius 3 is 3.10 bits per heavy atom. The molecule has 20 heavy (non-hydrogen) atoms. The molecule has 2 N–H and O–H groups in total. The highest BCUT2D eigenvalue weighted by Gasteiger charge is 2.36. The Morgan fingerprint density at radius 1 is 1.40 bits per heavy atom. The standard InChI is InChI=1S/C16H23N3O/c1-2-16(12-19-15-17-9-5-10-18-15)14-7-4-3-6-13(14)8-11-20-16/h3-4,6-7H,2,5,8-12H2,1H3,(H2,17,18,19). The average molecular weight is 273 g/mol. The van der Waals surface area contributed by atoms with Crippen LogP contribution in [0.5, 0.6) is 0 Å². The quantitative estimate of drug-likeness (QED) is 0.883. The van der Waals surface area contributed by atoms with Crippen LogP contribution in [0.3, 0.4) is 0 Å². The van der Waals surface area contributed by atoms with Crippen LogP contribution >= 0.6 is 0 Å². The van der Waals surface area contributed by atoms with E-state index in [4.69, 9.17) is 4.74 Å². The molecule has 0 radical (unpaired) electrons. The number of ether oxygens (including phenoxy) is 1. The normalized spacial score (nSPS) is 25.4. The number of guanidine groups is 1. The van der Waals surface area contributed by atoms with Crippen molar-refractivity contribution in [2.75, 3.05) is 26.2 Å². The number of hydrogen-bond donors (Lipinski definition) is 2. The fraction of sp³-hybridized carbons (Fsp3) is 0.562. The maximum atomic E-state index is 6.19. The lowest BCUT2D eigenvalue weighted by Crippen LogP contribution is -2.49. The van der Waals surface area contributed by atoms with Gasteiger partial charge in [-0.05, 0) is 30.4 Å². The molecule has 0 fully saturated rings. The summed E-state index contributed by atoms with van der Waals surface area (Å²) in [5.41, 5.74) is 2.52. The van der Waals surface area contributed by atoms with Gasteiger partial charge in [0.2, 0.25) is 0 Å². The SMILES string of the molecule is CCC1(CNC2=NCCCN2)OCCc2ccccc21. The average Bonchev–Trinajstić information content (AvgIpc) is 2.54.